The van der Waals surface area contributed by atoms with Crippen LogP contribution in [-0.4, -0.2) is 17.4 Å². The molecule has 24 heavy (non-hydrogen) atoms. The van der Waals surface area contributed by atoms with E-state index in [1.807, 2.05) is 30.3 Å². The summed E-state index contributed by atoms with van der Waals surface area (Å²) in [4.78, 5) is 22.6. The Kier molecular flexibility index (Phi) is 4.74. The van der Waals surface area contributed by atoms with Crippen LogP contribution in [0.15, 0.2) is 54.6 Å². The van der Waals surface area contributed by atoms with Crippen molar-refractivity contribution in [3.05, 3.63) is 70.3 Å². The third-order valence-corrected chi connectivity index (χ3v) is 3.99. The number of nitrogens with one attached hydrogen (secondary N) is 1. The van der Waals surface area contributed by atoms with E-state index in [0.29, 0.717) is 5.92 Å². The molecular weight excluding hydrogens is 308 g/mol. The van der Waals surface area contributed by atoms with Crippen molar-refractivity contribution in [1.29, 1.82) is 0 Å². The van der Waals surface area contributed by atoms with Crippen molar-refractivity contribution in [1.82, 2.24) is 5.32 Å². The van der Waals surface area contributed by atoms with Crippen LogP contribution >= 0.6 is 0 Å². The molecule has 6 heteroatoms. The number of nitro benzene ring substituents is 1. The maximum Gasteiger partial charge on any atom is 0.310 e. The summed E-state index contributed by atoms with van der Waals surface area (Å²) < 4.78 is 5.34. The zero-order chi connectivity index (χ0) is 16.9. The van der Waals surface area contributed by atoms with Gasteiger partial charge in [0.1, 0.15) is 0 Å². The largest absolute Gasteiger partial charge is 0.477 e. The van der Waals surface area contributed by atoms with Crippen LogP contribution in [0.4, 0.5) is 5.69 Å². The van der Waals surface area contributed by atoms with Crippen molar-refractivity contribution in [2.45, 2.75) is 18.9 Å². The van der Waals surface area contributed by atoms with Gasteiger partial charge < -0.3 is 10.1 Å². The van der Waals surface area contributed by atoms with Crippen molar-refractivity contribution >= 4 is 11.6 Å². The van der Waals surface area contributed by atoms with Gasteiger partial charge in [0.05, 0.1) is 11.0 Å². The van der Waals surface area contributed by atoms with Crippen LogP contribution in [0, 0.1) is 16.0 Å². The fourth-order valence-electron chi connectivity index (χ4n) is 2.65. The highest BCUT2D eigenvalue weighted by Gasteiger charge is 2.33. The van der Waals surface area contributed by atoms with Gasteiger partial charge >= 0.3 is 5.69 Å². The minimum Gasteiger partial charge on any atom is -0.477 e. The molecular formula is C18H18N2O4. The molecule has 6 nitrogen and oxygen atoms in total. The first-order valence-corrected chi connectivity index (χ1v) is 7.85. The zero-order valence-corrected chi connectivity index (χ0v) is 13.1. The van der Waals surface area contributed by atoms with Gasteiger partial charge in [0.2, 0.25) is 0 Å². The maximum absolute atomic E-state index is 12.2. The summed E-state index contributed by atoms with van der Waals surface area (Å²) in [5, 5.41) is 13.9. The number of ether oxygens (including phenoxy) is 1. The van der Waals surface area contributed by atoms with Crippen LogP contribution < -0.4 is 10.1 Å². The van der Waals surface area contributed by atoms with E-state index in [9.17, 15) is 14.9 Å². The average molecular weight is 326 g/mol. The highest BCUT2D eigenvalue weighted by atomic mass is 16.6. The normalized spacial score (nSPS) is 14.7. The lowest BCUT2D eigenvalue weighted by Gasteiger charge is -2.19. The van der Waals surface area contributed by atoms with Gasteiger partial charge in [0, 0.05) is 6.07 Å². The van der Waals surface area contributed by atoms with E-state index in [2.05, 4.69) is 5.32 Å². The molecule has 0 unspecified atom stereocenters. The number of nitro groups is 1. The molecule has 2 aromatic rings. The summed E-state index contributed by atoms with van der Waals surface area (Å²) in [7, 11) is 0. The molecule has 1 saturated carbocycles. The topological polar surface area (TPSA) is 81.5 Å². The Bertz CT molecular complexity index is 729. The highest BCUT2D eigenvalue weighted by Crippen LogP contribution is 2.40. The van der Waals surface area contributed by atoms with E-state index >= 15 is 0 Å². The lowest BCUT2D eigenvalue weighted by molar-refractivity contribution is -0.385. The van der Waals surface area contributed by atoms with Gasteiger partial charge in [0.15, 0.2) is 12.4 Å². The first kappa shape index (κ1) is 16.0. The van der Waals surface area contributed by atoms with Crippen LogP contribution in [0.3, 0.4) is 0 Å². The van der Waals surface area contributed by atoms with Crippen LogP contribution in [-0.2, 0) is 4.79 Å². The summed E-state index contributed by atoms with van der Waals surface area (Å²) in [5.41, 5.74) is 0.922. The Balaban J connectivity index is 1.62. The Morgan fingerprint density at radius 1 is 1.17 bits per heavy atom. The number of benzene rings is 2. The molecule has 0 aliphatic heterocycles. The van der Waals surface area contributed by atoms with Crippen molar-refractivity contribution in [3.63, 3.8) is 0 Å². The average Bonchev–Trinajstić information content (AvgIpc) is 3.43. The lowest BCUT2D eigenvalue weighted by atomic mass is 10.0. The van der Waals surface area contributed by atoms with E-state index in [4.69, 9.17) is 4.74 Å². The van der Waals surface area contributed by atoms with Crippen molar-refractivity contribution in [2.75, 3.05) is 6.61 Å². The van der Waals surface area contributed by atoms with E-state index in [1.54, 1.807) is 12.1 Å². The van der Waals surface area contributed by atoms with Crippen LogP contribution in [0.25, 0.3) is 0 Å². The van der Waals surface area contributed by atoms with Gasteiger partial charge in [-0.15, -0.1) is 0 Å². The summed E-state index contributed by atoms with van der Waals surface area (Å²) >= 11 is 0. The molecule has 1 N–H and O–H groups in total. The van der Waals surface area contributed by atoms with Gasteiger partial charge in [-0.25, -0.2) is 0 Å². The van der Waals surface area contributed by atoms with Crippen molar-refractivity contribution < 1.29 is 14.5 Å². The Labute approximate surface area is 139 Å². The smallest absolute Gasteiger partial charge is 0.310 e. The number of nitrogens with zero attached hydrogens (tertiary/aromatic N) is 1. The summed E-state index contributed by atoms with van der Waals surface area (Å²) in [6.45, 7) is -0.249. The fraction of sp³-hybridized carbons (Fsp3) is 0.278. The van der Waals surface area contributed by atoms with E-state index < -0.39 is 4.92 Å². The predicted molar refractivity (Wildman–Crippen MR) is 88.6 cm³/mol. The minimum absolute atomic E-state index is 0.0342. The predicted octanol–water partition coefficient (Wildman–Crippen LogP) is 3.24. The molecule has 1 amide bonds. The van der Waals surface area contributed by atoms with E-state index in [-0.39, 0.29) is 30.0 Å². The Hall–Kier alpha value is -2.89. The van der Waals surface area contributed by atoms with Gasteiger partial charge in [-0.05, 0) is 30.4 Å². The molecule has 2 aromatic carbocycles. The zero-order valence-electron chi connectivity index (χ0n) is 13.1. The first-order valence-electron chi connectivity index (χ1n) is 7.85. The summed E-state index contributed by atoms with van der Waals surface area (Å²) in [5.74, 6) is 0.261. The SMILES string of the molecule is O=C(COc1ccccc1[N+](=O)[O-])N[C@@H](c1ccccc1)C1CC1. The second-order valence-corrected chi connectivity index (χ2v) is 5.81. The number of para-hydroxylation sites is 2. The molecule has 1 aliphatic carbocycles. The van der Waals surface area contributed by atoms with Gasteiger partial charge in [-0.2, -0.15) is 0 Å². The van der Waals surface area contributed by atoms with Crippen molar-refractivity contribution in [3.8, 4) is 5.75 Å². The molecule has 3 rings (SSSR count). The monoisotopic (exact) mass is 326 g/mol. The van der Waals surface area contributed by atoms with Crippen LogP contribution in [0.5, 0.6) is 5.75 Å². The minimum atomic E-state index is -0.524. The number of amides is 1. The molecule has 0 spiro atoms. The van der Waals surface area contributed by atoms with Gasteiger partial charge in [-0.1, -0.05) is 42.5 Å². The quantitative estimate of drug-likeness (QED) is 0.625. The first-order chi connectivity index (χ1) is 11.6. The molecule has 1 fully saturated rings. The highest BCUT2D eigenvalue weighted by molar-refractivity contribution is 5.78. The number of hydrogen-bond acceptors (Lipinski definition) is 4. The van der Waals surface area contributed by atoms with E-state index in [0.717, 1.165) is 18.4 Å². The second-order valence-electron chi connectivity index (χ2n) is 5.81. The fourth-order valence-corrected chi connectivity index (χ4v) is 2.65. The second kappa shape index (κ2) is 7.12. The third kappa shape index (κ3) is 3.90. The Morgan fingerprint density at radius 3 is 2.50 bits per heavy atom. The molecule has 1 aliphatic rings. The number of rotatable bonds is 7. The molecule has 0 saturated heterocycles. The van der Waals surface area contributed by atoms with Gasteiger partial charge in [0.25, 0.3) is 5.91 Å². The summed E-state index contributed by atoms with van der Waals surface area (Å²) in [6.07, 6.45) is 2.18. The standard InChI is InChI=1S/C18H18N2O4/c21-17(12-24-16-9-5-4-8-15(16)20(22)23)19-18(14-10-11-14)13-6-2-1-3-7-13/h1-9,14,18H,10-12H2,(H,19,21)/t18-/m0/s1. The summed E-state index contributed by atoms with van der Waals surface area (Å²) in [6, 6.07) is 15.8. The molecule has 0 bridgehead atoms. The lowest BCUT2D eigenvalue weighted by Crippen LogP contribution is -2.33. The van der Waals surface area contributed by atoms with Gasteiger partial charge in [-0.3, -0.25) is 14.9 Å². The number of hydrogen-bond donors (Lipinski definition) is 1. The van der Waals surface area contributed by atoms with Crippen LogP contribution in [0.1, 0.15) is 24.4 Å². The third-order valence-electron chi connectivity index (χ3n) is 3.99. The molecule has 124 valence electrons. The van der Waals surface area contributed by atoms with Crippen molar-refractivity contribution in [2.24, 2.45) is 5.92 Å². The van der Waals surface area contributed by atoms with Crippen LogP contribution in [0.2, 0.25) is 0 Å². The molecule has 1 atom stereocenters. The number of carbonyl (C=O) groups excluding carboxylic acids is 1. The maximum atomic E-state index is 12.2. The number of carbonyl (C=O) groups is 1. The molecule has 0 heterocycles. The van der Waals surface area contributed by atoms with E-state index in [1.165, 1.54) is 12.1 Å². The molecule has 0 radical (unpaired) electrons. The molecule has 0 aromatic heterocycles. The Morgan fingerprint density at radius 2 is 1.83 bits per heavy atom.